The lowest BCUT2D eigenvalue weighted by Gasteiger charge is -2.28. The van der Waals surface area contributed by atoms with Crippen LogP contribution >= 0.6 is 11.8 Å². The second kappa shape index (κ2) is 7.71. The predicted molar refractivity (Wildman–Crippen MR) is 93.4 cm³/mol. The second-order valence-corrected chi connectivity index (χ2v) is 7.47. The van der Waals surface area contributed by atoms with Crippen molar-refractivity contribution in [3.05, 3.63) is 35.4 Å². The Labute approximate surface area is 146 Å². The van der Waals surface area contributed by atoms with Gasteiger partial charge in [-0.3, -0.25) is 9.59 Å². The lowest BCUT2D eigenvalue weighted by atomic mass is 9.76. The topological polar surface area (TPSA) is 81.4 Å². The van der Waals surface area contributed by atoms with Crippen LogP contribution in [0.15, 0.2) is 24.3 Å². The molecule has 0 aliphatic carbocycles. The summed E-state index contributed by atoms with van der Waals surface area (Å²) in [4.78, 5) is 25.6. The molecule has 1 aliphatic heterocycles. The average Bonchev–Trinajstić information content (AvgIpc) is 3.02. The standard InChI is InChI=1S/C18H22N2O3S/c1-13(2)18(17(22)23)7-8-20(12-18)16(21)11-24-10-15-5-3-14(9-19)4-6-15/h3-6,13H,7-8,10-12H2,1-2H3,(H,22,23). The molecule has 1 unspecified atom stereocenters. The van der Waals surface area contributed by atoms with E-state index in [4.69, 9.17) is 5.26 Å². The normalized spacial score (nSPS) is 20.2. The maximum absolute atomic E-state index is 12.3. The maximum Gasteiger partial charge on any atom is 0.311 e. The Morgan fingerprint density at radius 1 is 1.38 bits per heavy atom. The summed E-state index contributed by atoms with van der Waals surface area (Å²) in [5.74, 6) is 0.224. The highest BCUT2D eigenvalue weighted by Gasteiger charge is 2.48. The third-order valence-corrected chi connectivity index (χ3v) is 5.75. The molecule has 1 aliphatic rings. The first kappa shape index (κ1) is 18.3. The van der Waals surface area contributed by atoms with Gasteiger partial charge >= 0.3 is 5.97 Å². The van der Waals surface area contributed by atoms with Crippen molar-refractivity contribution in [1.82, 2.24) is 4.90 Å². The summed E-state index contributed by atoms with van der Waals surface area (Å²) in [5, 5.41) is 18.3. The molecular weight excluding hydrogens is 324 g/mol. The van der Waals surface area contributed by atoms with E-state index in [1.54, 1.807) is 17.0 Å². The molecule has 5 nitrogen and oxygen atoms in total. The molecule has 1 fully saturated rings. The first-order valence-electron chi connectivity index (χ1n) is 7.97. The van der Waals surface area contributed by atoms with Gasteiger partial charge in [-0.1, -0.05) is 26.0 Å². The van der Waals surface area contributed by atoms with Gasteiger partial charge in [-0.15, -0.1) is 11.8 Å². The SMILES string of the molecule is CC(C)C1(C(=O)O)CCN(C(=O)CSCc2ccc(C#N)cc2)C1. The van der Waals surface area contributed by atoms with Crippen molar-refractivity contribution in [2.45, 2.75) is 26.0 Å². The Hall–Kier alpha value is -2.00. The number of amides is 1. The average molecular weight is 346 g/mol. The lowest BCUT2D eigenvalue weighted by molar-refractivity contribution is -0.151. The van der Waals surface area contributed by atoms with Crippen molar-refractivity contribution in [2.75, 3.05) is 18.8 Å². The summed E-state index contributed by atoms with van der Waals surface area (Å²) in [5.41, 5.74) is 0.874. The number of carbonyl (C=O) groups excluding carboxylic acids is 1. The molecule has 1 aromatic rings. The van der Waals surface area contributed by atoms with Crippen LogP contribution in [-0.2, 0) is 15.3 Å². The van der Waals surface area contributed by atoms with Crippen molar-refractivity contribution >= 4 is 23.6 Å². The number of nitriles is 1. The summed E-state index contributed by atoms with van der Waals surface area (Å²) in [6.45, 7) is 4.63. The number of likely N-dealkylation sites (tertiary alicyclic amines) is 1. The largest absolute Gasteiger partial charge is 0.481 e. The number of carboxylic acid groups (broad SMARTS) is 1. The van der Waals surface area contributed by atoms with Crippen LogP contribution in [0, 0.1) is 22.7 Å². The number of rotatable bonds is 6. The summed E-state index contributed by atoms with van der Waals surface area (Å²) in [6, 6.07) is 9.39. The van der Waals surface area contributed by atoms with E-state index in [0.29, 0.717) is 36.6 Å². The molecule has 1 heterocycles. The van der Waals surface area contributed by atoms with E-state index in [1.165, 1.54) is 11.8 Å². The highest BCUT2D eigenvalue weighted by molar-refractivity contribution is 7.99. The van der Waals surface area contributed by atoms with Gasteiger partial charge in [0, 0.05) is 18.8 Å². The number of carbonyl (C=O) groups is 2. The molecule has 2 rings (SSSR count). The number of carboxylic acids is 1. The van der Waals surface area contributed by atoms with Crippen LogP contribution in [0.2, 0.25) is 0 Å². The third-order valence-electron chi connectivity index (χ3n) is 4.76. The highest BCUT2D eigenvalue weighted by Crippen LogP contribution is 2.38. The molecule has 6 heteroatoms. The van der Waals surface area contributed by atoms with Crippen LogP contribution in [0.5, 0.6) is 0 Å². The zero-order valence-electron chi connectivity index (χ0n) is 14.0. The van der Waals surface area contributed by atoms with Crippen molar-refractivity contribution in [3.63, 3.8) is 0 Å². The predicted octanol–water partition coefficient (Wildman–Crippen LogP) is 2.75. The Balaban J connectivity index is 1.85. The molecule has 0 aromatic heterocycles. The summed E-state index contributed by atoms with van der Waals surface area (Å²) in [7, 11) is 0. The van der Waals surface area contributed by atoms with Crippen LogP contribution in [-0.4, -0.2) is 40.7 Å². The number of benzene rings is 1. The van der Waals surface area contributed by atoms with Gasteiger partial charge in [-0.2, -0.15) is 5.26 Å². The van der Waals surface area contributed by atoms with E-state index in [1.807, 2.05) is 26.0 Å². The monoisotopic (exact) mass is 346 g/mol. The third kappa shape index (κ3) is 3.90. The van der Waals surface area contributed by atoms with E-state index in [2.05, 4.69) is 6.07 Å². The Morgan fingerprint density at radius 2 is 2.04 bits per heavy atom. The molecule has 0 spiro atoms. The van der Waals surface area contributed by atoms with Crippen LogP contribution in [0.1, 0.15) is 31.4 Å². The van der Waals surface area contributed by atoms with Gasteiger partial charge in [0.25, 0.3) is 0 Å². The Kier molecular flexibility index (Phi) is 5.89. The van der Waals surface area contributed by atoms with Gasteiger partial charge in [0.15, 0.2) is 0 Å². The zero-order valence-corrected chi connectivity index (χ0v) is 14.8. The van der Waals surface area contributed by atoms with E-state index < -0.39 is 11.4 Å². The van der Waals surface area contributed by atoms with Gasteiger partial charge in [-0.05, 0) is 30.0 Å². The fraction of sp³-hybridized carbons (Fsp3) is 0.500. The van der Waals surface area contributed by atoms with Gasteiger partial charge in [0.1, 0.15) is 0 Å². The maximum atomic E-state index is 12.3. The molecule has 128 valence electrons. The number of nitrogens with zero attached hydrogens (tertiary/aromatic N) is 2. The minimum absolute atomic E-state index is 0.000832. The molecule has 24 heavy (non-hydrogen) atoms. The lowest BCUT2D eigenvalue weighted by Crippen LogP contribution is -2.41. The molecule has 1 N–H and O–H groups in total. The summed E-state index contributed by atoms with van der Waals surface area (Å²) in [6.07, 6.45) is 0.520. The molecule has 1 atom stereocenters. The zero-order chi connectivity index (χ0) is 17.7. The van der Waals surface area contributed by atoms with E-state index in [-0.39, 0.29) is 11.8 Å². The minimum Gasteiger partial charge on any atom is -0.481 e. The minimum atomic E-state index is -0.812. The van der Waals surface area contributed by atoms with E-state index in [0.717, 1.165) is 5.56 Å². The molecule has 1 amide bonds. The fourth-order valence-corrected chi connectivity index (χ4v) is 3.85. The van der Waals surface area contributed by atoms with Crippen LogP contribution in [0.3, 0.4) is 0 Å². The highest BCUT2D eigenvalue weighted by atomic mass is 32.2. The smallest absolute Gasteiger partial charge is 0.311 e. The molecule has 0 saturated carbocycles. The van der Waals surface area contributed by atoms with Gasteiger partial charge in [0.2, 0.25) is 5.91 Å². The number of hydrogen-bond donors (Lipinski definition) is 1. The molecule has 1 saturated heterocycles. The molecule has 0 radical (unpaired) electrons. The quantitative estimate of drug-likeness (QED) is 0.856. The second-order valence-electron chi connectivity index (χ2n) is 6.48. The van der Waals surface area contributed by atoms with E-state index in [9.17, 15) is 14.7 Å². The van der Waals surface area contributed by atoms with Gasteiger partial charge < -0.3 is 10.0 Å². The number of hydrogen-bond acceptors (Lipinski definition) is 4. The van der Waals surface area contributed by atoms with Crippen molar-refractivity contribution in [2.24, 2.45) is 11.3 Å². The molecule has 1 aromatic carbocycles. The van der Waals surface area contributed by atoms with Crippen molar-refractivity contribution < 1.29 is 14.7 Å². The first-order valence-corrected chi connectivity index (χ1v) is 9.12. The van der Waals surface area contributed by atoms with Gasteiger partial charge in [-0.25, -0.2) is 0 Å². The van der Waals surface area contributed by atoms with Crippen LogP contribution < -0.4 is 0 Å². The van der Waals surface area contributed by atoms with Crippen LogP contribution in [0.4, 0.5) is 0 Å². The van der Waals surface area contributed by atoms with Crippen LogP contribution in [0.25, 0.3) is 0 Å². The van der Waals surface area contributed by atoms with Crippen molar-refractivity contribution in [1.29, 1.82) is 5.26 Å². The van der Waals surface area contributed by atoms with E-state index >= 15 is 0 Å². The van der Waals surface area contributed by atoms with Gasteiger partial charge in [0.05, 0.1) is 22.8 Å². The van der Waals surface area contributed by atoms with Crippen molar-refractivity contribution in [3.8, 4) is 6.07 Å². The number of thioether (sulfide) groups is 1. The first-order chi connectivity index (χ1) is 11.4. The summed E-state index contributed by atoms with van der Waals surface area (Å²) < 4.78 is 0. The molecular formula is C18H22N2O3S. The Bertz CT molecular complexity index is 651. The summed E-state index contributed by atoms with van der Waals surface area (Å²) >= 11 is 1.51. The number of aliphatic carboxylic acids is 1. The fourth-order valence-electron chi connectivity index (χ4n) is 2.96. The Morgan fingerprint density at radius 3 is 2.54 bits per heavy atom. The molecule has 0 bridgehead atoms.